The van der Waals surface area contributed by atoms with Crippen molar-refractivity contribution < 1.29 is 4.57 Å². The molecule has 1 aliphatic rings. The molecule has 1 heterocycles. The molecule has 92 valence electrons. The zero-order valence-electron chi connectivity index (χ0n) is 9.84. The topological polar surface area (TPSA) is 41.1 Å². The van der Waals surface area contributed by atoms with E-state index < -0.39 is 8.10 Å². The molecule has 0 bridgehead atoms. The van der Waals surface area contributed by atoms with Gasteiger partial charge in [0.2, 0.25) is 8.10 Å². The molecule has 18 heavy (non-hydrogen) atoms. The zero-order chi connectivity index (χ0) is 12.4. The van der Waals surface area contributed by atoms with Crippen molar-refractivity contribution in [3.63, 3.8) is 0 Å². The molecule has 2 aromatic rings. The van der Waals surface area contributed by atoms with E-state index in [1.165, 1.54) is 0 Å². The molecule has 1 aliphatic heterocycles. The van der Waals surface area contributed by atoms with Crippen molar-refractivity contribution in [3.8, 4) is 0 Å². The standard InChI is InChI=1S/C14H15N2OP/c17-18-15-13(11-7-3-1-4-8-11)14(16-18)12-9-5-2-6-10-12/h1-10,13-14,18H,(H2,15,16,17). The van der Waals surface area contributed by atoms with Gasteiger partial charge in [-0.2, -0.15) is 0 Å². The van der Waals surface area contributed by atoms with Crippen LogP contribution >= 0.6 is 8.10 Å². The van der Waals surface area contributed by atoms with E-state index in [0.717, 1.165) is 11.1 Å². The molecule has 3 nitrogen and oxygen atoms in total. The van der Waals surface area contributed by atoms with Crippen LogP contribution in [0.2, 0.25) is 0 Å². The highest BCUT2D eigenvalue weighted by Crippen LogP contribution is 2.40. The molecule has 0 amide bonds. The van der Waals surface area contributed by atoms with E-state index in [-0.39, 0.29) is 12.1 Å². The molecule has 0 aromatic heterocycles. The van der Waals surface area contributed by atoms with Crippen molar-refractivity contribution in [1.29, 1.82) is 0 Å². The first-order valence-electron chi connectivity index (χ1n) is 6.01. The van der Waals surface area contributed by atoms with Gasteiger partial charge in [-0.25, -0.2) is 10.2 Å². The quantitative estimate of drug-likeness (QED) is 0.813. The summed E-state index contributed by atoms with van der Waals surface area (Å²) in [7, 11) is -1.90. The minimum atomic E-state index is -1.90. The van der Waals surface area contributed by atoms with Crippen molar-refractivity contribution >= 4 is 8.10 Å². The maximum absolute atomic E-state index is 11.8. The molecule has 0 spiro atoms. The summed E-state index contributed by atoms with van der Waals surface area (Å²) in [6, 6.07) is 20.4. The smallest absolute Gasteiger partial charge is 0.200 e. The van der Waals surface area contributed by atoms with Gasteiger partial charge in [0.15, 0.2) is 0 Å². The molecule has 0 aliphatic carbocycles. The largest absolute Gasteiger partial charge is 0.293 e. The second kappa shape index (κ2) is 5.07. The maximum Gasteiger partial charge on any atom is 0.200 e. The van der Waals surface area contributed by atoms with Gasteiger partial charge in [-0.1, -0.05) is 60.7 Å². The van der Waals surface area contributed by atoms with E-state index in [2.05, 4.69) is 34.4 Å². The van der Waals surface area contributed by atoms with Crippen LogP contribution in [0.15, 0.2) is 60.7 Å². The van der Waals surface area contributed by atoms with Crippen LogP contribution in [-0.4, -0.2) is 0 Å². The molecule has 1 fully saturated rings. The van der Waals surface area contributed by atoms with Gasteiger partial charge in [0, 0.05) is 0 Å². The average molecular weight is 258 g/mol. The predicted octanol–water partition coefficient (Wildman–Crippen LogP) is 3.05. The first kappa shape index (κ1) is 11.7. The lowest BCUT2D eigenvalue weighted by atomic mass is 9.95. The highest BCUT2D eigenvalue weighted by atomic mass is 31.1. The fourth-order valence-electron chi connectivity index (χ4n) is 2.36. The van der Waals surface area contributed by atoms with Gasteiger partial charge >= 0.3 is 0 Å². The number of benzene rings is 2. The summed E-state index contributed by atoms with van der Waals surface area (Å²) in [5.41, 5.74) is 2.32. The molecule has 2 N–H and O–H groups in total. The third kappa shape index (κ3) is 2.25. The molecule has 2 unspecified atom stereocenters. The van der Waals surface area contributed by atoms with Crippen LogP contribution in [0.5, 0.6) is 0 Å². The molecule has 1 saturated heterocycles. The van der Waals surface area contributed by atoms with Gasteiger partial charge in [-0.05, 0) is 11.1 Å². The van der Waals surface area contributed by atoms with Crippen molar-refractivity contribution in [1.82, 2.24) is 10.2 Å². The Morgan fingerprint density at radius 2 is 1.11 bits per heavy atom. The first-order valence-corrected chi connectivity index (χ1v) is 7.42. The molecule has 2 aromatic carbocycles. The van der Waals surface area contributed by atoms with Crippen LogP contribution in [0.25, 0.3) is 0 Å². The van der Waals surface area contributed by atoms with Crippen LogP contribution in [0.4, 0.5) is 0 Å². The van der Waals surface area contributed by atoms with Gasteiger partial charge in [-0.15, -0.1) is 0 Å². The molecule has 0 saturated carbocycles. The predicted molar refractivity (Wildman–Crippen MR) is 73.6 cm³/mol. The van der Waals surface area contributed by atoms with E-state index in [1.54, 1.807) is 0 Å². The normalized spacial score (nSPS) is 27.2. The van der Waals surface area contributed by atoms with Crippen LogP contribution in [0.1, 0.15) is 23.2 Å². The average Bonchev–Trinajstić information content (AvgIpc) is 2.83. The van der Waals surface area contributed by atoms with Crippen molar-refractivity contribution in [2.24, 2.45) is 0 Å². The summed E-state index contributed by atoms with van der Waals surface area (Å²) < 4.78 is 11.8. The minimum Gasteiger partial charge on any atom is -0.293 e. The van der Waals surface area contributed by atoms with Gasteiger partial charge in [-0.3, -0.25) is 4.57 Å². The summed E-state index contributed by atoms with van der Waals surface area (Å²) >= 11 is 0. The summed E-state index contributed by atoms with van der Waals surface area (Å²) in [6.07, 6.45) is 0. The second-order valence-corrected chi connectivity index (χ2v) is 5.63. The Hall–Kier alpha value is -1.41. The van der Waals surface area contributed by atoms with Gasteiger partial charge in [0.25, 0.3) is 0 Å². The van der Waals surface area contributed by atoms with E-state index in [4.69, 9.17) is 0 Å². The Kier molecular flexibility index (Phi) is 3.28. The molecular weight excluding hydrogens is 243 g/mol. The highest BCUT2D eigenvalue weighted by molar-refractivity contribution is 7.40. The monoisotopic (exact) mass is 258 g/mol. The Balaban J connectivity index is 1.96. The number of hydrogen-bond acceptors (Lipinski definition) is 1. The van der Waals surface area contributed by atoms with Gasteiger partial charge < -0.3 is 0 Å². The lowest BCUT2D eigenvalue weighted by Gasteiger charge is -2.19. The Morgan fingerprint density at radius 1 is 0.722 bits per heavy atom. The number of hydrogen-bond donors (Lipinski definition) is 2. The fraction of sp³-hybridized carbons (Fsp3) is 0.143. The van der Waals surface area contributed by atoms with Crippen molar-refractivity contribution in [3.05, 3.63) is 71.8 Å². The van der Waals surface area contributed by atoms with Crippen LogP contribution in [0.3, 0.4) is 0 Å². The number of nitrogens with one attached hydrogen (secondary N) is 2. The number of rotatable bonds is 2. The summed E-state index contributed by atoms with van der Waals surface area (Å²) in [6.45, 7) is 0. The Bertz CT molecular complexity index is 495. The fourth-order valence-corrected chi connectivity index (χ4v) is 3.68. The second-order valence-electron chi connectivity index (χ2n) is 4.39. The minimum absolute atomic E-state index is 0.0694. The molecule has 0 radical (unpaired) electrons. The SMILES string of the molecule is O=[PH]1NC(c2ccccc2)C(c2ccccc2)N1. The molecule has 2 atom stereocenters. The summed E-state index contributed by atoms with van der Waals surface area (Å²) in [5.74, 6) is 0. The van der Waals surface area contributed by atoms with Gasteiger partial charge in [0.05, 0.1) is 12.1 Å². The van der Waals surface area contributed by atoms with Crippen LogP contribution in [0, 0.1) is 0 Å². The van der Waals surface area contributed by atoms with Crippen LogP contribution in [-0.2, 0) is 4.57 Å². The van der Waals surface area contributed by atoms with E-state index in [9.17, 15) is 4.57 Å². The molecular formula is C14H15N2OP. The summed E-state index contributed by atoms with van der Waals surface area (Å²) in [5, 5.41) is 6.31. The molecule has 3 rings (SSSR count). The third-order valence-electron chi connectivity index (χ3n) is 3.22. The lowest BCUT2D eigenvalue weighted by molar-refractivity contribution is 0.554. The maximum atomic E-state index is 11.8. The molecule has 4 heteroatoms. The highest BCUT2D eigenvalue weighted by Gasteiger charge is 2.32. The first-order chi connectivity index (χ1) is 8.84. The lowest BCUT2D eigenvalue weighted by Crippen LogP contribution is -2.17. The van der Waals surface area contributed by atoms with Crippen molar-refractivity contribution in [2.45, 2.75) is 12.1 Å². The van der Waals surface area contributed by atoms with Gasteiger partial charge in [0.1, 0.15) is 0 Å². The Labute approximate surface area is 107 Å². The Morgan fingerprint density at radius 3 is 1.50 bits per heavy atom. The van der Waals surface area contributed by atoms with E-state index in [0.29, 0.717) is 0 Å². The van der Waals surface area contributed by atoms with Crippen LogP contribution < -0.4 is 10.2 Å². The third-order valence-corrected chi connectivity index (χ3v) is 4.37. The van der Waals surface area contributed by atoms with E-state index in [1.807, 2.05) is 36.4 Å². The van der Waals surface area contributed by atoms with Crippen molar-refractivity contribution in [2.75, 3.05) is 0 Å². The summed E-state index contributed by atoms with van der Waals surface area (Å²) in [4.78, 5) is 0. The zero-order valence-corrected chi connectivity index (χ0v) is 10.8. The van der Waals surface area contributed by atoms with E-state index >= 15 is 0 Å².